The van der Waals surface area contributed by atoms with Crippen LogP contribution in [0, 0.1) is 0 Å². The maximum atomic E-state index is 12.9. The van der Waals surface area contributed by atoms with Crippen LogP contribution in [0.2, 0.25) is 0 Å². The number of benzene rings is 1. The first-order chi connectivity index (χ1) is 8.41. The molecule has 0 spiro atoms. The first kappa shape index (κ1) is 15.3. The molecule has 1 aromatic rings. The van der Waals surface area contributed by atoms with E-state index < -0.39 is 37.7 Å². The minimum atomic E-state index is -6.30. The molecule has 0 aliphatic carbocycles. The van der Waals surface area contributed by atoms with E-state index >= 15 is 0 Å². The van der Waals surface area contributed by atoms with Crippen LogP contribution in [0.4, 0.5) is 22.0 Å². The van der Waals surface area contributed by atoms with E-state index in [1.165, 1.54) is 0 Å². The summed E-state index contributed by atoms with van der Waals surface area (Å²) in [6.45, 7) is 0. The smallest absolute Gasteiger partial charge is 0.469 e. The van der Waals surface area contributed by atoms with E-state index in [1.54, 1.807) is 0 Å². The Kier molecular flexibility index (Phi) is 3.59. The van der Waals surface area contributed by atoms with E-state index in [0.717, 1.165) is 12.1 Å². The molecule has 0 amide bonds. The molecule has 0 aliphatic rings. The molecule has 0 fully saturated rings. The molecule has 10 heteroatoms. The number of carboxylic acid groups (broad SMARTS) is 1. The summed E-state index contributed by atoms with van der Waals surface area (Å²) in [4.78, 5) is 9.10. The van der Waals surface area contributed by atoms with Crippen molar-refractivity contribution in [3.63, 3.8) is 0 Å². The Hall–Kier alpha value is -1.71. The minimum Gasteiger partial charge on any atom is -0.478 e. The van der Waals surface area contributed by atoms with Crippen molar-refractivity contribution in [2.24, 2.45) is 0 Å². The number of carbonyl (C=O) groups is 1. The van der Waals surface area contributed by atoms with Gasteiger partial charge in [-0.05, 0) is 18.2 Å². The monoisotopic (exact) mass is 304 g/mol. The van der Waals surface area contributed by atoms with Crippen molar-refractivity contribution in [1.82, 2.24) is 0 Å². The van der Waals surface area contributed by atoms with Gasteiger partial charge >= 0.3 is 17.4 Å². The number of rotatable bonds is 3. The zero-order valence-corrected chi connectivity index (χ0v) is 9.60. The van der Waals surface area contributed by atoms with Crippen LogP contribution in [0.5, 0.6) is 0 Å². The molecule has 0 atom stereocenters. The third kappa shape index (κ3) is 2.53. The zero-order valence-electron chi connectivity index (χ0n) is 8.78. The molecule has 0 heterocycles. The van der Waals surface area contributed by atoms with Gasteiger partial charge in [0, 0.05) is 0 Å². The van der Waals surface area contributed by atoms with E-state index in [4.69, 9.17) is 5.11 Å². The van der Waals surface area contributed by atoms with E-state index in [0.29, 0.717) is 6.07 Å². The molecule has 0 saturated carbocycles. The van der Waals surface area contributed by atoms with Crippen LogP contribution in [-0.4, -0.2) is 30.9 Å². The number of halogens is 5. The summed E-state index contributed by atoms with van der Waals surface area (Å²) in [5.74, 6) is -1.66. The third-order valence-electron chi connectivity index (χ3n) is 2.06. The highest BCUT2D eigenvalue weighted by atomic mass is 32.2. The molecule has 0 radical (unpaired) electrons. The predicted octanol–water partition coefficient (Wildman–Crippen LogP) is 2.31. The van der Waals surface area contributed by atoms with Gasteiger partial charge in [-0.15, -0.1) is 0 Å². The number of hydrogen-bond donors (Lipinski definition) is 1. The Balaban J connectivity index is 3.45. The van der Waals surface area contributed by atoms with Gasteiger partial charge in [0.15, 0.2) is 0 Å². The van der Waals surface area contributed by atoms with Crippen LogP contribution in [0.15, 0.2) is 29.2 Å². The second-order valence-corrected chi connectivity index (χ2v) is 5.34. The Morgan fingerprint density at radius 2 is 1.63 bits per heavy atom. The maximum Gasteiger partial charge on any atom is 0.469 e. The quantitative estimate of drug-likeness (QED) is 0.870. The highest BCUT2D eigenvalue weighted by Crippen LogP contribution is 2.42. The molecule has 0 saturated heterocycles. The minimum absolute atomic E-state index is 0.233. The standard InChI is InChI=1S/C9H5F5O4S/c10-8(11,12)9(13,14)19(17,18)6-3-1-2-5(4-6)7(15)16/h1-4H,(H,15,16). The van der Waals surface area contributed by atoms with Crippen LogP contribution in [0.25, 0.3) is 0 Å². The fourth-order valence-electron chi connectivity index (χ4n) is 1.10. The van der Waals surface area contributed by atoms with E-state index in [2.05, 4.69) is 0 Å². The lowest BCUT2D eigenvalue weighted by atomic mass is 10.2. The fourth-order valence-corrected chi connectivity index (χ4v) is 2.24. The lowest BCUT2D eigenvalue weighted by Gasteiger charge is -2.19. The van der Waals surface area contributed by atoms with Gasteiger partial charge in [0.05, 0.1) is 10.5 Å². The van der Waals surface area contributed by atoms with Gasteiger partial charge in [-0.2, -0.15) is 22.0 Å². The Labute approximate surface area is 103 Å². The summed E-state index contributed by atoms with van der Waals surface area (Å²) in [7, 11) is -6.07. The van der Waals surface area contributed by atoms with Gasteiger partial charge < -0.3 is 5.11 Å². The SMILES string of the molecule is O=C(O)c1cccc(S(=O)(=O)C(F)(F)C(F)(F)F)c1. The summed E-state index contributed by atoms with van der Waals surface area (Å²) in [5.41, 5.74) is -0.723. The van der Waals surface area contributed by atoms with Crippen LogP contribution in [0.1, 0.15) is 10.4 Å². The van der Waals surface area contributed by atoms with Crippen LogP contribution < -0.4 is 0 Å². The highest BCUT2D eigenvalue weighted by molar-refractivity contribution is 7.92. The summed E-state index contributed by atoms with van der Waals surface area (Å²) in [6.07, 6.45) is -6.30. The second kappa shape index (κ2) is 4.44. The van der Waals surface area contributed by atoms with Gasteiger partial charge in [0.25, 0.3) is 9.84 Å². The molecule has 106 valence electrons. The first-order valence-corrected chi connectivity index (χ1v) is 5.92. The molecular weight excluding hydrogens is 299 g/mol. The topological polar surface area (TPSA) is 71.4 Å². The van der Waals surface area contributed by atoms with Crippen molar-refractivity contribution >= 4 is 15.8 Å². The molecule has 1 aromatic carbocycles. The Bertz CT molecular complexity index is 605. The lowest BCUT2D eigenvalue weighted by molar-refractivity contribution is -0.241. The van der Waals surface area contributed by atoms with E-state index in [9.17, 15) is 35.2 Å². The largest absolute Gasteiger partial charge is 0.478 e. The van der Waals surface area contributed by atoms with Crippen molar-refractivity contribution in [3.8, 4) is 0 Å². The molecule has 0 bridgehead atoms. The number of alkyl halides is 5. The number of sulfone groups is 1. The Morgan fingerprint density at radius 3 is 2.05 bits per heavy atom. The average Bonchev–Trinajstić information content (AvgIpc) is 2.27. The van der Waals surface area contributed by atoms with Gasteiger partial charge in [-0.3, -0.25) is 0 Å². The fraction of sp³-hybridized carbons (Fsp3) is 0.222. The lowest BCUT2D eigenvalue weighted by Crippen LogP contribution is -2.43. The van der Waals surface area contributed by atoms with Crippen molar-refractivity contribution in [2.75, 3.05) is 0 Å². The normalized spacial score (nSPS) is 13.3. The third-order valence-corrected chi connectivity index (χ3v) is 3.84. The van der Waals surface area contributed by atoms with Crippen molar-refractivity contribution in [1.29, 1.82) is 0 Å². The maximum absolute atomic E-state index is 12.9. The summed E-state index contributed by atoms with van der Waals surface area (Å²) in [6, 6.07) is 2.30. The zero-order chi connectivity index (χ0) is 15.1. The van der Waals surface area contributed by atoms with Gasteiger partial charge in [-0.25, -0.2) is 13.2 Å². The number of aromatic carboxylic acids is 1. The van der Waals surface area contributed by atoms with Crippen LogP contribution in [0.3, 0.4) is 0 Å². The molecule has 1 rings (SSSR count). The van der Waals surface area contributed by atoms with E-state index in [-0.39, 0.29) is 6.07 Å². The molecular formula is C9H5F5O4S. The van der Waals surface area contributed by atoms with Crippen molar-refractivity contribution < 1.29 is 40.3 Å². The average molecular weight is 304 g/mol. The van der Waals surface area contributed by atoms with Gasteiger partial charge in [0.1, 0.15) is 0 Å². The summed E-state index contributed by atoms with van der Waals surface area (Å²) in [5, 5.41) is 2.53. The summed E-state index contributed by atoms with van der Waals surface area (Å²) >= 11 is 0. The molecule has 19 heavy (non-hydrogen) atoms. The number of carboxylic acids is 1. The molecule has 1 N–H and O–H groups in total. The summed E-state index contributed by atoms with van der Waals surface area (Å²) < 4.78 is 84.2. The molecule has 0 aliphatic heterocycles. The first-order valence-electron chi connectivity index (χ1n) is 4.44. The second-order valence-electron chi connectivity index (χ2n) is 3.35. The van der Waals surface area contributed by atoms with Gasteiger partial charge in [0.2, 0.25) is 0 Å². The van der Waals surface area contributed by atoms with Crippen molar-refractivity contribution in [3.05, 3.63) is 29.8 Å². The van der Waals surface area contributed by atoms with Crippen molar-refractivity contribution in [2.45, 2.75) is 16.3 Å². The van der Waals surface area contributed by atoms with Crippen LogP contribution in [-0.2, 0) is 9.84 Å². The van der Waals surface area contributed by atoms with Gasteiger partial charge in [-0.1, -0.05) is 6.07 Å². The number of hydrogen-bond acceptors (Lipinski definition) is 3. The van der Waals surface area contributed by atoms with E-state index in [1.807, 2.05) is 0 Å². The highest BCUT2D eigenvalue weighted by Gasteiger charge is 2.67. The molecule has 4 nitrogen and oxygen atoms in total. The molecule has 0 unspecified atom stereocenters. The predicted molar refractivity (Wildman–Crippen MR) is 51.6 cm³/mol. The van der Waals surface area contributed by atoms with Crippen LogP contribution >= 0.6 is 0 Å². The Morgan fingerprint density at radius 1 is 1.11 bits per heavy atom. The molecule has 0 aromatic heterocycles.